The molecule has 0 spiro atoms. The van der Waals surface area contributed by atoms with Crippen LogP contribution in [0.3, 0.4) is 0 Å². The highest BCUT2D eigenvalue weighted by Gasteiger charge is 2.43. The number of hydrogen-bond donors (Lipinski definition) is 1. The van der Waals surface area contributed by atoms with E-state index in [1.54, 1.807) is 12.3 Å². The van der Waals surface area contributed by atoms with Crippen LogP contribution < -0.4 is 5.32 Å². The molecule has 0 radical (unpaired) electrons. The largest absolute Gasteiger partial charge is 0.369 e. The van der Waals surface area contributed by atoms with Crippen molar-refractivity contribution < 1.29 is 0 Å². The van der Waals surface area contributed by atoms with Crippen molar-refractivity contribution in [3.05, 3.63) is 54.2 Å². The molecule has 1 aliphatic rings. The van der Waals surface area contributed by atoms with Gasteiger partial charge in [-0.15, -0.1) is 11.8 Å². The van der Waals surface area contributed by atoms with Crippen LogP contribution in [0.2, 0.25) is 0 Å². The third-order valence-electron chi connectivity index (χ3n) is 3.37. The Morgan fingerprint density at radius 1 is 1.20 bits per heavy atom. The Labute approximate surface area is 123 Å². The minimum atomic E-state index is 0.303. The van der Waals surface area contributed by atoms with E-state index in [1.807, 2.05) is 23.9 Å². The van der Waals surface area contributed by atoms with Crippen molar-refractivity contribution in [2.45, 2.75) is 22.5 Å². The molecule has 0 aliphatic heterocycles. The normalized spacial score (nSPS) is 15.3. The number of aromatic nitrogens is 1. The van der Waals surface area contributed by atoms with Crippen LogP contribution >= 0.6 is 11.8 Å². The van der Waals surface area contributed by atoms with Gasteiger partial charge < -0.3 is 5.32 Å². The first-order chi connectivity index (χ1) is 9.80. The smallest absolute Gasteiger partial charge is 0.126 e. The lowest BCUT2D eigenvalue weighted by atomic mass is 10.3. The van der Waals surface area contributed by atoms with Crippen LogP contribution in [0, 0.1) is 11.3 Å². The molecule has 0 bridgehead atoms. The maximum absolute atomic E-state index is 8.75. The predicted molar refractivity (Wildman–Crippen MR) is 81.7 cm³/mol. The second kappa shape index (κ2) is 5.56. The molecular weight excluding hydrogens is 266 g/mol. The van der Waals surface area contributed by atoms with Gasteiger partial charge in [0, 0.05) is 22.4 Å². The van der Waals surface area contributed by atoms with Crippen molar-refractivity contribution in [1.82, 2.24) is 4.98 Å². The highest BCUT2D eigenvalue weighted by atomic mass is 32.2. The molecule has 3 rings (SSSR count). The van der Waals surface area contributed by atoms with Crippen LogP contribution in [0.4, 0.5) is 5.82 Å². The monoisotopic (exact) mass is 281 g/mol. The summed E-state index contributed by atoms with van der Waals surface area (Å²) in [6.07, 6.45) is 4.07. The van der Waals surface area contributed by atoms with E-state index >= 15 is 0 Å². The van der Waals surface area contributed by atoms with E-state index in [-0.39, 0.29) is 0 Å². The molecule has 1 N–H and O–H groups in total. The summed E-state index contributed by atoms with van der Waals surface area (Å²) in [6, 6.07) is 16.2. The van der Waals surface area contributed by atoms with Gasteiger partial charge in [-0.3, -0.25) is 0 Å². The van der Waals surface area contributed by atoms with E-state index in [4.69, 9.17) is 5.26 Å². The van der Waals surface area contributed by atoms with E-state index in [9.17, 15) is 0 Å². The number of nitrogens with zero attached hydrogens (tertiary/aromatic N) is 2. The highest BCUT2D eigenvalue weighted by molar-refractivity contribution is 8.01. The summed E-state index contributed by atoms with van der Waals surface area (Å²) >= 11 is 1.94. The molecule has 1 aromatic heterocycles. The van der Waals surface area contributed by atoms with Gasteiger partial charge in [-0.2, -0.15) is 5.26 Å². The zero-order valence-electron chi connectivity index (χ0n) is 11.0. The summed E-state index contributed by atoms with van der Waals surface area (Å²) in [5.74, 6) is 0.837. The molecule has 4 heteroatoms. The molecule has 1 aromatic carbocycles. The van der Waals surface area contributed by atoms with Gasteiger partial charge in [0.25, 0.3) is 0 Å². The fourth-order valence-corrected chi connectivity index (χ4v) is 3.25. The fourth-order valence-electron chi connectivity index (χ4n) is 2.01. The Kier molecular flexibility index (Phi) is 3.62. The number of pyridine rings is 1. The highest BCUT2D eigenvalue weighted by Crippen LogP contribution is 2.51. The zero-order valence-corrected chi connectivity index (χ0v) is 11.9. The summed E-state index contributed by atoms with van der Waals surface area (Å²) in [4.78, 5) is 5.56. The van der Waals surface area contributed by atoms with Gasteiger partial charge in [-0.05, 0) is 37.1 Å². The van der Waals surface area contributed by atoms with Crippen molar-refractivity contribution in [3.63, 3.8) is 0 Å². The third kappa shape index (κ3) is 3.12. The van der Waals surface area contributed by atoms with Crippen molar-refractivity contribution >= 4 is 17.6 Å². The summed E-state index contributed by atoms with van der Waals surface area (Å²) in [7, 11) is 0. The van der Waals surface area contributed by atoms with Crippen molar-refractivity contribution in [1.29, 1.82) is 5.26 Å². The van der Waals surface area contributed by atoms with Crippen LogP contribution in [0.25, 0.3) is 0 Å². The number of anilines is 1. The third-order valence-corrected chi connectivity index (χ3v) is 4.86. The molecule has 3 nitrogen and oxygen atoms in total. The van der Waals surface area contributed by atoms with E-state index < -0.39 is 0 Å². The van der Waals surface area contributed by atoms with E-state index in [0.29, 0.717) is 10.3 Å². The molecule has 0 saturated heterocycles. The quantitative estimate of drug-likeness (QED) is 0.908. The van der Waals surface area contributed by atoms with Crippen molar-refractivity contribution in [3.8, 4) is 6.07 Å². The van der Waals surface area contributed by atoms with Gasteiger partial charge in [0.1, 0.15) is 11.9 Å². The molecule has 1 heterocycles. The minimum absolute atomic E-state index is 0.303. The standard InChI is InChI=1S/C16H15N3S/c17-10-13-6-7-15(18-11-13)19-12-16(8-9-16)20-14-4-2-1-3-5-14/h1-7,11H,8-9,12H2,(H,18,19). The molecule has 0 unspecified atom stereocenters. The fraction of sp³-hybridized carbons (Fsp3) is 0.250. The van der Waals surface area contributed by atoms with Gasteiger partial charge in [-0.1, -0.05) is 18.2 Å². The SMILES string of the molecule is N#Cc1ccc(NCC2(Sc3ccccc3)CC2)nc1. The van der Waals surface area contributed by atoms with Crippen LogP contribution in [-0.2, 0) is 0 Å². The molecule has 1 fully saturated rings. The minimum Gasteiger partial charge on any atom is -0.369 e. The van der Waals surface area contributed by atoms with Crippen LogP contribution in [0.15, 0.2) is 53.6 Å². The molecule has 1 aliphatic carbocycles. The Bertz CT molecular complexity index is 612. The van der Waals surface area contributed by atoms with Gasteiger partial charge >= 0.3 is 0 Å². The Hall–Kier alpha value is -1.99. The van der Waals surface area contributed by atoms with E-state index in [0.717, 1.165) is 12.4 Å². The number of hydrogen-bond acceptors (Lipinski definition) is 4. The lowest BCUT2D eigenvalue weighted by Gasteiger charge is -2.16. The van der Waals surface area contributed by atoms with Gasteiger partial charge in [-0.25, -0.2) is 4.98 Å². The summed E-state index contributed by atoms with van der Waals surface area (Å²) < 4.78 is 0.303. The van der Waals surface area contributed by atoms with Crippen molar-refractivity contribution in [2.24, 2.45) is 0 Å². The lowest BCUT2D eigenvalue weighted by Crippen LogP contribution is -2.18. The maximum Gasteiger partial charge on any atom is 0.126 e. The Morgan fingerprint density at radius 3 is 2.60 bits per heavy atom. The first kappa shape index (κ1) is 13.0. The van der Waals surface area contributed by atoms with E-state index in [1.165, 1.54) is 17.7 Å². The summed E-state index contributed by atoms with van der Waals surface area (Å²) in [5, 5.41) is 12.1. The number of nitriles is 1. The number of benzene rings is 1. The number of rotatable bonds is 5. The average Bonchev–Trinajstić information content (AvgIpc) is 3.27. The second-order valence-corrected chi connectivity index (χ2v) is 6.54. The molecule has 20 heavy (non-hydrogen) atoms. The van der Waals surface area contributed by atoms with E-state index in [2.05, 4.69) is 40.6 Å². The van der Waals surface area contributed by atoms with Crippen LogP contribution in [-0.4, -0.2) is 16.3 Å². The molecule has 0 amide bonds. The van der Waals surface area contributed by atoms with Crippen LogP contribution in [0.1, 0.15) is 18.4 Å². The molecule has 1 saturated carbocycles. The molecule has 2 aromatic rings. The topological polar surface area (TPSA) is 48.7 Å². The number of nitrogens with one attached hydrogen (secondary N) is 1. The summed E-state index contributed by atoms with van der Waals surface area (Å²) in [5.41, 5.74) is 0.593. The first-order valence-corrected chi connectivity index (χ1v) is 7.45. The van der Waals surface area contributed by atoms with Gasteiger partial charge in [0.2, 0.25) is 0 Å². The zero-order chi connectivity index (χ0) is 13.8. The molecule has 100 valence electrons. The first-order valence-electron chi connectivity index (χ1n) is 6.64. The van der Waals surface area contributed by atoms with Crippen molar-refractivity contribution in [2.75, 3.05) is 11.9 Å². The Balaban J connectivity index is 1.59. The molecule has 0 atom stereocenters. The van der Waals surface area contributed by atoms with Crippen LogP contribution in [0.5, 0.6) is 0 Å². The predicted octanol–water partition coefficient (Wildman–Crippen LogP) is 3.69. The van der Waals surface area contributed by atoms with Gasteiger partial charge in [0.05, 0.1) is 5.56 Å². The lowest BCUT2D eigenvalue weighted by molar-refractivity contribution is 0.936. The maximum atomic E-state index is 8.75. The number of thioether (sulfide) groups is 1. The Morgan fingerprint density at radius 2 is 2.00 bits per heavy atom. The van der Waals surface area contributed by atoms with Gasteiger partial charge in [0.15, 0.2) is 0 Å². The summed E-state index contributed by atoms with van der Waals surface area (Å²) in [6.45, 7) is 0.908. The second-order valence-electron chi connectivity index (χ2n) is 5.00. The molecular formula is C16H15N3S. The average molecular weight is 281 g/mol.